The summed E-state index contributed by atoms with van der Waals surface area (Å²) >= 11 is 0. The molecule has 1 unspecified atom stereocenters. The van der Waals surface area contributed by atoms with Gasteiger partial charge < -0.3 is 16.2 Å². The van der Waals surface area contributed by atoms with Crippen LogP contribution in [0.4, 0.5) is 5.82 Å². The molecule has 0 aromatic carbocycles. The number of nitrogens with one attached hydrogen (secondary N) is 2. The van der Waals surface area contributed by atoms with Crippen LogP contribution in [0.2, 0.25) is 0 Å². The number of nitrogens with zero attached hydrogens (tertiary/aromatic N) is 1. The lowest BCUT2D eigenvalue weighted by molar-refractivity contribution is 0.183. The zero-order valence-electron chi connectivity index (χ0n) is 6.33. The Morgan fingerprint density at radius 1 is 1.91 bits per heavy atom. The highest BCUT2D eigenvalue weighted by molar-refractivity contribution is 5.41. The number of nitrogens with two attached hydrogens (primary N) is 1. The first kappa shape index (κ1) is 8.03. The Kier molecular flexibility index (Phi) is 2.45. The van der Waals surface area contributed by atoms with Gasteiger partial charge in [-0.25, -0.2) is 0 Å². The number of hydrogen-bond donors (Lipinski definition) is 4. The van der Waals surface area contributed by atoms with Gasteiger partial charge in [0.2, 0.25) is 0 Å². The van der Waals surface area contributed by atoms with Gasteiger partial charge in [-0.15, -0.1) is 0 Å². The summed E-state index contributed by atoms with van der Waals surface area (Å²) in [6, 6.07) is 0. The molecule has 1 aromatic heterocycles. The third kappa shape index (κ3) is 1.92. The molecule has 5 heteroatoms. The summed E-state index contributed by atoms with van der Waals surface area (Å²) in [5.74, 6) is 0.800. The molecule has 0 spiro atoms. The van der Waals surface area contributed by atoms with Crippen molar-refractivity contribution in [2.24, 2.45) is 5.73 Å². The van der Waals surface area contributed by atoms with E-state index in [4.69, 9.17) is 10.8 Å². The molecule has 0 amide bonds. The van der Waals surface area contributed by atoms with Crippen LogP contribution in [0.5, 0.6) is 0 Å². The molecule has 1 heterocycles. The normalized spacial score (nSPS) is 13.0. The Hall–Kier alpha value is -1.07. The number of aromatic nitrogens is 2. The largest absolute Gasteiger partial charge is 0.378 e. The van der Waals surface area contributed by atoms with Crippen molar-refractivity contribution in [1.29, 1.82) is 0 Å². The van der Waals surface area contributed by atoms with Crippen molar-refractivity contribution < 1.29 is 5.11 Å². The molecule has 0 saturated heterocycles. The summed E-state index contributed by atoms with van der Waals surface area (Å²) in [6.45, 7) is 0. The summed E-state index contributed by atoms with van der Waals surface area (Å²) in [4.78, 5) is 0. The summed E-state index contributed by atoms with van der Waals surface area (Å²) in [5, 5.41) is 18.3. The minimum atomic E-state index is -0.820. The van der Waals surface area contributed by atoms with Gasteiger partial charge in [0.1, 0.15) is 12.0 Å². The van der Waals surface area contributed by atoms with Gasteiger partial charge in [0, 0.05) is 19.0 Å². The molecular formula is C6H12N4O. The van der Waals surface area contributed by atoms with Crippen molar-refractivity contribution >= 4 is 5.82 Å². The van der Waals surface area contributed by atoms with Gasteiger partial charge in [-0.3, -0.25) is 5.10 Å². The zero-order chi connectivity index (χ0) is 8.27. The van der Waals surface area contributed by atoms with E-state index in [1.807, 2.05) is 0 Å². The van der Waals surface area contributed by atoms with Gasteiger partial charge in [0.15, 0.2) is 0 Å². The Morgan fingerprint density at radius 3 is 3.18 bits per heavy atom. The van der Waals surface area contributed by atoms with Gasteiger partial charge in [-0.2, -0.15) is 5.10 Å². The van der Waals surface area contributed by atoms with Crippen LogP contribution in [0.25, 0.3) is 0 Å². The second kappa shape index (κ2) is 3.36. The SMILES string of the molecule is CNc1[nH]ncc1CC(N)O. The predicted octanol–water partition coefficient (Wildman–Crippen LogP) is -0.729. The number of H-pyrrole nitrogens is 1. The van der Waals surface area contributed by atoms with E-state index in [-0.39, 0.29) is 0 Å². The van der Waals surface area contributed by atoms with Crippen molar-refractivity contribution in [3.05, 3.63) is 11.8 Å². The van der Waals surface area contributed by atoms with E-state index < -0.39 is 6.23 Å². The monoisotopic (exact) mass is 156 g/mol. The van der Waals surface area contributed by atoms with Crippen LogP contribution in [-0.2, 0) is 6.42 Å². The first-order valence-electron chi connectivity index (χ1n) is 3.37. The van der Waals surface area contributed by atoms with E-state index in [1.54, 1.807) is 13.2 Å². The Morgan fingerprint density at radius 2 is 2.64 bits per heavy atom. The number of anilines is 1. The lowest BCUT2D eigenvalue weighted by Crippen LogP contribution is -2.21. The number of hydrogen-bond acceptors (Lipinski definition) is 4. The molecular weight excluding hydrogens is 144 g/mol. The van der Waals surface area contributed by atoms with Crippen molar-refractivity contribution in [3.8, 4) is 0 Å². The fraction of sp³-hybridized carbons (Fsp3) is 0.500. The molecule has 5 nitrogen and oxygen atoms in total. The van der Waals surface area contributed by atoms with Gasteiger partial charge in [0.25, 0.3) is 0 Å². The Balaban J connectivity index is 2.68. The number of aromatic amines is 1. The van der Waals surface area contributed by atoms with Crippen LogP contribution in [0.1, 0.15) is 5.56 Å². The maximum atomic E-state index is 8.85. The molecule has 1 aromatic rings. The van der Waals surface area contributed by atoms with E-state index in [0.29, 0.717) is 6.42 Å². The van der Waals surface area contributed by atoms with Crippen molar-refractivity contribution in [2.45, 2.75) is 12.6 Å². The van der Waals surface area contributed by atoms with E-state index in [1.165, 1.54) is 0 Å². The predicted molar refractivity (Wildman–Crippen MR) is 42.0 cm³/mol. The van der Waals surface area contributed by atoms with Crippen molar-refractivity contribution in [2.75, 3.05) is 12.4 Å². The number of aliphatic hydroxyl groups is 1. The second-order valence-electron chi connectivity index (χ2n) is 2.29. The van der Waals surface area contributed by atoms with Gasteiger partial charge >= 0.3 is 0 Å². The molecule has 1 rings (SSSR count). The van der Waals surface area contributed by atoms with Crippen molar-refractivity contribution in [3.63, 3.8) is 0 Å². The number of aliphatic hydroxyl groups excluding tert-OH is 1. The molecule has 11 heavy (non-hydrogen) atoms. The molecule has 0 aliphatic heterocycles. The molecule has 0 radical (unpaired) electrons. The van der Waals surface area contributed by atoms with Crippen LogP contribution in [0.15, 0.2) is 6.20 Å². The first-order valence-corrected chi connectivity index (χ1v) is 3.37. The quantitative estimate of drug-likeness (QED) is 0.434. The number of rotatable bonds is 3. The molecule has 0 saturated carbocycles. The first-order chi connectivity index (χ1) is 5.24. The molecule has 5 N–H and O–H groups in total. The summed E-state index contributed by atoms with van der Waals surface area (Å²) in [7, 11) is 1.78. The Labute approximate surface area is 64.6 Å². The lowest BCUT2D eigenvalue weighted by Gasteiger charge is -2.03. The van der Waals surface area contributed by atoms with Gasteiger partial charge in [0.05, 0.1) is 6.20 Å². The molecule has 1 atom stereocenters. The molecule has 0 aliphatic carbocycles. The average molecular weight is 156 g/mol. The van der Waals surface area contributed by atoms with Crippen LogP contribution >= 0.6 is 0 Å². The third-order valence-corrected chi connectivity index (χ3v) is 1.40. The smallest absolute Gasteiger partial charge is 0.124 e. The minimum absolute atomic E-state index is 0.409. The maximum Gasteiger partial charge on any atom is 0.124 e. The van der Waals surface area contributed by atoms with Gasteiger partial charge in [-0.1, -0.05) is 0 Å². The highest BCUT2D eigenvalue weighted by Gasteiger charge is 2.05. The Bertz CT molecular complexity index is 220. The maximum absolute atomic E-state index is 8.85. The van der Waals surface area contributed by atoms with E-state index in [9.17, 15) is 0 Å². The third-order valence-electron chi connectivity index (χ3n) is 1.40. The van der Waals surface area contributed by atoms with Gasteiger partial charge in [-0.05, 0) is 0 Å². The van der Waals surface area contributed by atoms with Crippen LogP contribution in [-0.4, -0.2) is 28.6 Å². The second-order valence-corrected chi connectivity index (χ2v) is 2.29. The summed E-state index contributed by atoms with van der Waals surface area (Å²) in [5.41, 5.74) is 6.08. The van der Waals surface area contributed by atoms with Crippen molar-refractivity contribution in [1.82, 2.24) is 10.2 Å². The summed E-state index contributed by atoms with van der Waals surface area (Å²) in [6.07, 6.45) is 1.23. The molecule has 62 valence electrons. The molecule has 0 bridgehead atoms. The van der Waals surface area contributed by atoms with Crippen LogP contribution in [0.3, 0.4) is 0 Å². The van der Waals surface area contributed by atoms with Crippen LogP contribution < -0.4 is 11.1 Å². The summed E-state index contributed by atoms with van der Waals surface area (Å²) < 4.78 is 0. The fourth-order valence-corrected chi connectivity index (χ4v) is 0.908. The zero-order valence-corrected chi connectivity index (χ0v) is 6.33. The van der Waals surface area contributed by atoms with E-state index in [2.05, 4.69) is 15.5 Å². The molecule has 0 aliphatic rings. The fourth-order valence-electron chi connectivity index (χ4n) is 0.908. The average Bonchev–Trinajstić information content (AvgIpc) is 2.34. The molecule has 0 fully saturated rings. The topological polar surface area (TPSA) is 87.0 Å². The van der Waals surface area contributed by atoms with E-state index in [0.717, 1.165) is 11.4 Å². The minimum Gasteiger partial charge on any atom is -0.378 e. The lowest BCUT2D eigenvalue weighted by atomic mass is 10.2. The van der Waals surface area contributed by atoms with Crippen LogP contribution in [0, 0.1) is 0 Å². The highest BCUT2D eigenvalue weighted by atomic mass is 16.3. The highest BCUT2D eigenvalue weighted by Crippen LogP contribution is 2.10. The van der Waals surface area contributed by atoms with E-state index >= 15 is 0 Å². The standard InChI is InChI=1S/C6H12N4O/c1-8-6-4(2-5(7)11)3-9-10-6/h3,5,11H,2,7H2,1H3,(H2,8,9,10).